The molecule has 0 radical (unpaired) electrons. The molecule has 3 aromatic rings. The lowest BCUT2D eigenvalue weighted by Crippen LogP contribution is -2.33. The number of allylic oxidation sites excluding steroid dienone is 5. The third kappa shape index (κ3) is 6.57. The maximum atomic E-state index is 14.2. The zero-order valence-corrected chi connectivity index (χ0v) is 28.4. The van der Waals surface area contributed by atoms with E-state index < -0.39 is 36.2 Å². The summed E-state index contributed by atoms with van der Waals surface area (Å²) in [5.74, 6) is -3.77. The average Bonchev–Trinajstić information content (AvgIpc) is 3.71. The van der Waals surface area contributed by atoms with Crippen LogP contribution in [-0.2, 0) is 20.8 Å². The third-order valence-electron chi connectivity index (χ3n) is 9.34. The van der Waals surface area contributed by atoms with Gasteiger partial charge in [-0.2, -0.15) is 0 Å². The molecule has 1 atom stereocenters. The second-order valence-electron chi connectivity index (χ2n) is 12.5. The molecule has 2 aliphatic heterocycles. The summed E-state index contributed by atoms with van der Waals surface area (Å²) in [6, 6.07) is 4.06. The van der Waals surface area contributed by atoms with Gasteiger partial charge in [-0.05, 0) is 92.1 Å². The van der Waals surface area contributed by atoms with E-state index >= 15 is 0 Å². The molecule has 2 aliphatic rings. The summed E-state index contributed by atoms with van der Waals surface area (Å²) >= 11 is 0. The van der Waals surface area contributed by atoms with Crippen LogP contribution in [0, 0.1) is 13.8 Å². The lowest BCUT2D eigenvalue weighted by Gasteiger charge is -2.11. The van der Waals surface area contributed by atoms with Crippen LogP contribution >= 0.6 is 0 Å². The van der Waals surface area contributed by atoms with E-state index in [0.29, 0.717) is 61.6 Å². The van der Waals surface area contributed by atoms with Crippen molar-refractivity contribution in [3.63, 3.8) is 0 Å². The third-order valence-corrected chi connectivity index (χ3v) is 9.34. The monoisotopic (exact) mass is 677 g/mol. The van der Waals surface area contributed by atoms with Crippen LogP contribution in [0.4, 0.5) is 0 Å². The number of fused-ring (bicyclic) bond motifs is 8. The van der Waals surface area contributed by atoms with Crippen LogP contribution in [0.1, 0.15) is 94.9 Å². The highest BCUT2D eigenvalue weighted by Gasteiger charge is 2.29. The fourth-order valence-corrected chi connectivity index (χ4v) is 6.59. The molecule has 3 aromatic heterocycles. The van der Waals surface area contributed by atoms with Gasteiger partial charge < -0.3 is 31.0 Å². The van der Waals surface area contributed by atoms with Gasteiger partial charge in [0.05, 0.1) is 46.3 Å². The van der Waals surface area contributed by atoms with E-state index in [9.17, 15) is 34.5 Å². The van der Waals surface area contributed by atoms with Gasteiger partial charge in [0.15, 0.2) is 5.78 Å². The van der Waals surface area contributed by atoms with Crippen molar-refractivity contribution >= 4 is 74.1 Å². The molecular formula is C38H39N5O7. The lowest BCUT2D eigenvalue weighted by molar-refractivity contribution is -0.138. The minimum Gasteiger partial charge on any atom is -0.481 e. The Morgan fingerprint density at radius 2 is 1.40 bits per heavy atom. The topological polar surface area (TPSA) is 212 Å². The first-order valence-electron chi connectivity index (χ1n) is 16.1. The molecule has 0 aromatic carbocycles. The molecule has 0 spiro atoms. The molecule has 5 heterocycles. The Morgan fingerprint density at radius 1 is 0.780 bits per heavy atom. The molecule has 7 N–H and O–H groups in total. The van der Waals surface area contributed by atoms with Gasteiger partial charge in [0, 0.05) is 40.5 Å². The number of H-pyrrole nitrogens is 2. The van der Waals surface area contributed by atoms with Gasteiger partial charge in [0.25, 0.3) is 0 Å². The number of aromatic nitrogens is 4. The van der Waals surface area contributed by atoms with Gasteiger partial charge in [0.2, 0.25) is 0 Å². The van der Waals surface area contributed by atoms with Crippen LogP contribution in [0.15, 0.2) is 37.4 Å². The van der Waals surface area contributed by atoms with Gasteiger partial charge in [-0.3, -0.25) is 19.2 Å². The molecule has 0 saturated heterocycles. The number of aliphatic carboxylic acids is 3. The van der Waals surface area contributed by atoms with Gasteiger partial charge in [-0.1, -0.05) is 25.3 Å². The molecule has 12 nitrogen and oxygen atoms in total. The zero-order chi connectivity index (χ0) is 36.6. The molecule has 0 saturated carbocycles. The van der Waals surface area contributed by atoms with Crippen LogP contribution in [0.2, 0.25) is 0 Å². The van der Waals surface area contributed by atoms with E-state index in [-0.39, 0.29) is 31.2 Å². The van der Waals surface area contributed by atoms with Crippen LogP contribution in [0.5, 0.6) is 0 Å². The molecule has 50 heavy (non-hydrogen) atoms. The number of carboxylic acids is 3. The fourth-order valence-electron chi connectivity index (χ4n) is 6.59. The second kappa shape index (κ2) is 13.9. The molecule has 0 amide bonds. The Kier molecular flexibility index (Phi) is 9.87. The van der Waals surface area contributed by atoms with E-state index in [2.05, 4.69) is 23.1 Å². The number of Topliss-reactive ketones (excluding diaryl/α,β-unsaturated/α-hetero) is 1. The summed E-state index contributed by atoms with van der Waals surface area (Å²) in [5, 5.41) is 28.6. The highest BCUT2D eigenvalue weighted by atomic mass is 16.4. The SMILES string of the molecule is C=CC1=C(C)c2nc1cc1[nH]c(cc3nc(cc4[nH]c(c(C=C)c4C)c2C(=O)[C@@H](N)CC(=O)O)C(C)=C3CCC(=O)O)c(CCC(=O)O)c1C. The highest BCUT2D eigenvalue weighted by molar-refractivity contribution is 6.14. The number of hydrogen-bond donors (Lipinski definition) is 6. The lowest BCUT2D eigenvalue weighted by atomic mass is 9.95. The quantitative estimate of drug-likeness (QED) is 0.115. The molecule has 12 heteroatoms. The Bertz CT molecular complexity index is 2250. The first-order valence-corrected chi connectivity index (χ1v) is 16.1. The number of carbonyl (C=O) groups is 4. The molecule has 5 rings (SSSR count). The highest BCUT2D eigenvalue weighted by Crippen LogP contribution is 2.38. The summed E-state index contributed by atoms with van der Waals surface area (Å²) in [7, 11) is 0. The molecule has 0 fully saturated rings. The molecule has 258 valence electrons. The van der Waals surface area contributed by atoms with Crippen molar-refractivity contribution in [2.75, 3.05) is 0 Å². The summed E-state index contributed by atoms with van der Waals surface area (Å²) in [4.78, 5) is 65.8. The number of hydrogen-bond acceptors (Lipinski definition) is 7. The van der Waals surface area contributed by atoms with Gasteiger partial charge in [-0.25, -0.2) is 9.97 Å². The molecule has 0 aliphatic carbocycles. The number of rotatable bonds is 12. The van der Waals surface area contributed by atoms with Crippen molar-refractivity contribution in [1.29, 1.82) is 0 Å². The van der Waals surface area contributed by atoms with Crippen molar-refractivity contribution in [3.05, 3.63) is 88.0 Å². The van der Waals surface area contributed by atoms with E-state index in [1.165, 1.54) is 0 Å². The number of nitrogens with two attached hydrogens (primary N) is 1. The Hall–Kier alpha value is -5.88. The van der Waals surface area contributed by atoms with Crippen molar-refractivity contribution in [2.45, 2.75) is 65.8 Å². The van der Waals surface area contributed by atoms with E-state index in [0.717, 1.165) is 27.8 Å². The largest absolute Gasteiger partial charge is 0.481 e. The standard InChI is InChI=1S/C38H39N5O7/c1-7-21-20(6)36-35(38(50)25(39)13-34(48)49)37-22(8-2)17(3)28(42-37)14-26-18(4)23(9-11-32(44)45)30(40-26)16-31-24(10-12-33(46)47)19(5)27(41-31)15-29(21)43-36/h7-8,14-16,25,41-42H,1-2,9-13,39H2,3-6H3,(H,44,45)(H,46,47)(H,48,49)/t25-/m0/s1. The number of nitrogens with one attached hydrogen (secondary N) is 2. The predicted octanol–water partition coefficient (Wildman–Crippen LogP) is 6.49. The van der Waals surface area contributed by atoms with Crippen molar-refractivity contribution < 1.29 is 34.5 Å². The Balaban J connectivity index is 2.03. The van der Waals surface area contributed by atoms with E-state index in [1.807, 2.05) is 32.9 Å². The minimum absolute atomic E-state index is 0.0955. The molecule has 0 unspecified atom stereocenters. The summed E-state index contributed by atoms with van der Waals surface area (Å²) in [5.41, 5.74) is 16.0. The first kappa shape index (κ1) is 35.4. The van der Waals surface area contributed by atoms with Crippen LogP contribution in [0.3, 0.4) is 0 Å². The Labute approximate surface area is 287 Å². The van der Waals surface area contributed by atoms with Gasteiger partial charge in [0.1, 0.15) is 0 Å². The predicted molar refractivity (Wildman–Crippen MR) is 193 cm³/mol. The maximum Gasteiger partial charge on any atom is 0.305 e. The smallest absolute Gasteiger partial charge is 0.305 e. The fraction of sp³-hybridized carbons (Fsp3) is 0.263. The number of carbonyl (C=O) groups excluding carboxylic acids is 1. The maximum absolute atomic E-state index is 14.2. The minimum atomic E-state index is -1.38. The van der Waals surface area contributed by atoms with Crippen molar-refractivity contribution in [1.82, 2.24) is 19.9 Å². The zero-order valence-electron chi connectivity index (χ0n) is 28.4. The number of aryl methyl sites for hydroxylation is 3. The number of ketones is 1. The average molecular weight is 678 g/mol. The second-order valence-corrected chi connectivity index (χ2v) is 12.5. The Morgan fingerprint density at radius 3 is 2.02 bits per heavy atom. The van der Waals surface area contributed by atoms with E-state index in [4.69, 9.17) is 15.7 Å². The van der Waals surface area contributed by atoms with Crippen molar-refractivity contribution in [2.24, 2.45) is 5.73 Å². The molecule has 8 bridgehead atoms. The number of carboxylic acid groups (broad SMARTS) is 3. The van der Waals surface area contributed by atoms with E-state index in [1.54, 1.807) is 25.1 Å². The molecular weight excluding hydrogens is 638 g/mol. The van der Waals surface area contributed by atoms with Crippen molar-refractivity contribution in [3.8, 4) is 0 Å². The summed E-state index contributed by atoms with van der Waals surface area (Å²) in [6.45, 7) is 15.4. The first-order chi connectivity index (χ1) is 23.7. The van der Waals surface area contributed by atoms with Gasteiger partial charge in [-0.15, -0.1) is 0 Å². The number of nitrogens with zero attached hydrogens (tertiary/aromatic N) is 2. The normalized spacial score (nSPS) is 13.4. The summed E-state index contributed by atoms with van der Waals surface area (Å²) in [6.07, 6.45) is 2.81. The number of aromatic amines is 2. The van der Waals surface area contributed by atoms with Crippen LogP contribution < -0.4 is 5.73 Å². The summed E-state index contributed by atoms with van der Waals surface area (Å²) < 4.78 is 0. The van der Waals surface area contributed by atoms with Gasteiger partial charge >= 0.3 is 17.9 Å². The van der Waals surface area contributed by atoms with Crippen LogP contribution in [-0.4, -0.2) is 65.0 Å². The van der Waals surface area contributed by atoms with Crippen LogP contribution in [0.25, 0.3) is 50.4 Å².